The van der Waals surface area contributed by atoms with Crippen molar-refractivity contribution in [2.24, 2.45) is 7.05 Å². The van der Waals surface area contributed by atoms with E-state index < -0.39 is 0 Å². The zero-order valence-corrected chi connectivity index (χ0v) is 8.65. The van der Waals surface area contributed by atoms with Crippen LogP contribution in [0.1, 0.15) is 0 Å². The van der Waals surface area contributed by atoms with E-state index in [4.69, 9.17) is 10.5 Å². The second-order valence-corrected chi connectivity index (χ2v) is 3.36. The van der Waals surface area contributed by atoms with Gasteiger partial charge in [-0.2, -0.15) is 0 Å². The molecule has 1 aromatic carbocycles. The highest BCUT2D eigenvalue weighted by Crippen LogP contribution is 2.24. The van der Waals surface area contributed by atoms with Gasteiger partial charge in [0.1, 0.15) is 5.75 Å². The fourth-order valence-electron chi connectivity index (χ4n) is 1.70. The minimum absolute atomic E-state index is 0.202. The van der Waals surface area contributed by atoms with Crippen LogP contribution in [0.3, 0.4) is 0 Å². The Hall–Kier alpha value is -1.97. The van der Waals surface area contributed by atoms with Gasteiger partial charge >= 0.3 is 0 Å². The van der Waals surface area contributed by atoms with Gasteiger partial charge in [-0.05, 0) is 12.1 Å². The predicted octanol–water partition coefficient (Wildman–Crippen LogP) is 1.13. The Labute approximate surface area is 86.9 Å². The lowest BCUT2D eigenvalue weighted by Crippen LogP contribution is -2.20. The lowest BCUT2D eigenvalue weighted by atomic mass is 10.2. The molecular weight excluding hydrogens is 192 g/mol. The number of hydrogen-bond acceptors (Lipinski definition) is 3. The van der Waals surface area contributed by atoms with Crippen LogP contribution in [0.5, 0.6) is 5.75 Å². The first-order valence-electron chi connectivity index (χ1n) is 4.57. The van der Waals surface area contributed by atoms with Crippen LogP contribution < -0.4 is 16.0 Å². The highest BCUT2D eigenvalue weighted by molar-refractivity contribution is 5.87. The van der Waals surface area contributed by atoms with E-state index in [9.17, 15) is 4.79 Å². The van der Waals surface area contributed by atoms with Crippen molar-refractivity contribution in [2.45, 2.75) is 0 Å². The quantitative estimate of drug-likeness (QED) is 0.757. The number of nitrogen functional groups attached to an aromatic ring is 1. The number of aryl methyl sites for hydroxylation is 1. The molecule has 1 aromatic heterocycles. The fraction of sp³-hybridized carbons (Fsp3) is 0.182. The molecule has 0 unspecified atom stereocenters. The van der Waals surface area contributed by atoms with E-state index in [1.54, 1.807) is 20.2 Å². The summed E-state index contributed by atoms with van der Waals surface area (Å²) < 4.78 is 6.71. The van der Waals surface area contributed by atoms with Crippen molar-refractivity contribution >= 4 is 16.6 Å². The summed E-state index contributed by atoms with van der Waals surface area (Å²) in [5.41, 5.74) is 6.41. The zero-order valence-electron chi connectivity index (χ0n) is 8.65. The van der Waals surface area contributed by atoms with Crippen LogP contribution >= 0.6 is 0 Å². The van der Waals surface area contributed by atoms with Crippen molar-refractivity contribution in [3.05, 3.63) is 34.6 Å². The minimum Gasteiger partial charge on any atom is -0.495 e. The molecule has 0 saturated carbocycles. The number of pyridine rings is 1. The van der Waals surface area contributed by atoms with Crippen LogP contribution in [-0.2, 0) is 7.05 Å². The molecule has 1 heterocycles. The summed E-state index contributed by atoms with van der Waals surface area (Å²) in [7, 11) is 3.26. The number of nitrogens with two attached hydrogens (primary N) is 1. The molecule has 0 saturated heterocycles. The maximum Gasteiger partial charge on any atom is 0.274 e. The molecule has 0 spiro atoms. The van der Waals surface area contributed by atoms with E-state index in [1.807, 2.05) is 18.2 Å². The first kappa shape index (κ1) is 9.58. The van der Waals surface area contributed by atoms with Gasteiger partial charge < -0.3 is 15.0 Å². The SMILES string of the molecule is COc1cccc2cc(N)c(=O)n(C)c12. The molecular formula is C11H12N2O2. The number of nitrogens with zero attached hydrogens (tertiary/aromatic N) is 1. The summed E-state index contributed by atoms with van der Waals surface area (Å²) in [5, 5.41) is 0.897. The van der Waals surface area contributed by atoms with Crippen molar-refractivity contribution in [3.8, 4) is 5.75 Å². The molecule has 4 heteroatoms. The molecule has 0 aliphatic heterocycles. The molecule has 4 nitrogen and oxygen atoms in total. The summed E-state index contributed by atoms with van der Waals surface area (Å²) in [6, 6.07) is 7.25. The average molecular weight is 204 g/mol. The molecule has 0 radical (unpaired) electrons. The highest BCUT2D eigenvalue weighted by atomic mass is 16.5. The monoisotopic (exact) mass is 204 g/mol. The van der Waals surface area contributed by atoms with Gasteiger partial charge in [-0.3, -0.25) is 4.79 Å². The van der Waals surface area contributed by atoms with Gasteiger partial charge in [0.15, 0.2) is 0 Å². The second kappa shape index (κ2) is 3.31. The number of hydrogen-bond donors (Lipinski definition) is 1. The third kappa shape index (κ3) is 1.34. The van der Waals surface area contributed by atoms with Gasteiger partial charge in [0.25, 0.3) is 5.56 Å². The van der Waals surface area contributed by atoms with Crippen LogP contribution in [0.15, 0.2) is 29.1 Å². The Balaban J connectivity index is 2.99. The van der Waals surface area contributed by atoms with Gasteiger partial charge in [0, 0.05) is 12.4 Å². The molecule has 0 aliphatic carbocycles. The van der Waals surface area contributed by atoms with Gasteiger partial charge in [-0.1, -0.05) is 12.1 Å². The van der Waals surface area contributed by atoms with Gasteiger partial charge in [0.05, 0.1) is 18.3 Å². The third-order valence-electron chi connectivity index (χ3n) is 2.45. The predicted molar refractivity (Wildman–Crippen MR) is 60.2 cm³/mol. The molecule has 0 bridgehead atoms. The van der Waals surface area contributed by atoms with E-state index in [2.05, 4.69) is 0 Å². The number of ether oxygens (including phenoxy) is 1. The highest BCUT2D eigenvalue weighted by Gasteiger charge is 2.07. The number of anilines is 1. The average Bonchev–Trinajstić information content (AvgIpc) is 2.25. The van der Waals surface area contributed by atoms with Gasteiger partial charge in [-0.15, -0.1) is 0 Å². The maximum atomic E-state index is 11.6. The number of fused-ring (bicyclic) bond motifs is 1. The van der Waals surface area contributed by atoms with E-state index in [1.165, 1.54) is 4.57 Å². The summed E-state index contributed by atoms with van der Waals surface area (Å²) in [6.45, 7) is 0. The van der Waals surface area contributed by atoms with E-state index >= 15 is 0 Å². The van der Waals surface area contributed by atoms with Crippen molar-refractivity contribution in [3.63, 3.8) is 0 Å². The second-order valence-electron chi connectivity index (χ2n) is 3.36. The Kier molecular flexibility index (Phi) is 2.11. The largest absolute Gasteiger partial charge is 0.495 e. The Morgan fingerprint density at radius 1 is 1.40 bits per heavy atom. The number of methoxy groups -OCH3 is 1. The van der Waals surface area contributed by atoms with E-state index in [0.717, 1.165) is 10.9 Å². The van der Waals surface area contributed by atoms with Crippen LogP contribution in [0.25, 0.3) is 10.9 Å². The molecule has 2 aromatic rings. The lowest BCUT2D eigenvalue weighted by Gasteiger charge is -2.10. The summed E-state index contributed by atoms with van der Waals surface area (Å²) in [6.07, 6.45) is 0. The molecule has 0 fully saturated rings. The first-order valence-corrected chi connectivity index (χ1v) is 4.57. The van der Waals surface area contributed by atoms with Gasteiger partial charge in [0.2, 0.25) is 0 Å². The van der Waals surface area contributed by atoms with E-state index in [-0.39, 0.29) is 11.2 Å². The van der Waals surface area contributed by atoms with Gasteiger partial charge in [-0.25, -0.2) is 0 Å². The molecule has 0 amide bonds. The molecule has 2 N–H and O–H groups in total. The summed E-state index contributed by atoms with van der Waals surface area (Å²) in [4.78, 5) is 11.6. The lowest BCUT2D eigenvalue weighted by molar-refractivity contribution is 0.417. The summed E-state index contributed by atoms with van der Waals surface area (Å²) in [5.74, 6) is 0.673. The molecule has 2 rings (SSSR count). The normalized spacial score (nSPS) is 10.5. The Morgan fingerprint density at radius 2 is 2.13 bits per heavy atom. The Morgan fingerprint density at radius 3 is 2.80 bits per heavy atom. The van der Waals surface area contributed by atoms with Crippen molar-refractivity contribution in [1.82, 2.24) is 4.57 Å². The number of rotatable bonds is 1. The molecule has 15 heavy (non-hydrogen) atoms. The number of para-hydroxylation sites is 1. The van der Waals surface area contributed by atoms with Crippen LogP contribution in [0.4, 0.5) is 5.69 Å². The summed E-state index contributed by atoms with van der Waals surface area (Å²) >= 11 is 0. The topological polar surface area (TPSA) is 57.2 Å². The first-order chi connectivity index (χ1) is 7.15. The maximum absolute atomic E-state index is 11.6. The smallest absolute Gasteiger partial charge is 0.274 e. The molecule has 0 aliphatic rings. The van der Waals surface area contributed by atoms with Crippen molar-refractivity contribution in [2.75, 3.05) is 12.8 Å². The number of benzene rings is 1. The Bertz CT molecular complexity index is 573. The van der Waals surface area contributed by atoms with Crippen LogP contribution in [0.2, 0.25) is 0 Å². The third-order valence-corrected chi connectivity index (χ3v) is 2.45. The standard InChI is InChI=1S/C11H12N2O2/c1-13-10-7(6-8(12)11(13)14)4-3-5-9(10)15-2/h3-6H,12H2,1-2H3. The van der Waals surface area contributed by atoms with Crippen LogP contribution in [-0.4, -0.2) is 11.7 Å². The minimum atomic E-state index is -0.202. The number of aromatic nitrogens is 1. The van der Waals surface area contributed by atoms with Crippen molar-refractivity contribution < 1.29 is 4.74 Å². The fourth-order valence-corrected chi connectivity index (χ4v) is 1.70. The van der Waals surface area contributed by atoms with E-state index in [0.29, 0.717) is 5.75 Å². The molecule has 78 valence electrons. The van der Waals surface area contributed by atoms with Crippen LogP contribution in [0, 0.1) is 0 Å². The molecule has 0 atom stereocenters. The zero-order chi connectivity index (χ0) is 11.0. The van der Waals surface area contributed by atoms with Crippen molar-refractivity contribution in [1.29, 1.82) is 0 Å².